The Morgan fingerprint density at radius 1 is 1.10 bits per heavy atom. The van der Waals surface area contributed by atoms with Gasteiger partial charge in [-0.2, -0.15) is 0 Å². The van der Waals surface area contributed by atoms with Crippen molar-refractivity contribution < 1.29 is 9.47 Å². The normalized spacial score (nSPS) is 14.8. The van der Waals surface area contributed by atoms with Gasteiger partial charge in [-0.25, -0.2) is 0 Å². The molecule has 1 atom stereocenters. The average Bonchev–Trinajstić information content (AvgIpc) is 2.46. The van der Waals surface area contributed by atoms with Gasteiger partial charge < -0.3 is 9.47 Å². The number of ether oxygens (including phenoxy) is 2. The van der Waals surface area contributed by atoms with Crippen molar-refractivity contribution in [3.05, 3.63) is 57.0 Å². The minimum Gasteiger partial charge on any atom is -0.486 e. The molecule has 0 N–H and O–H groups in total. The summed E-state index contributed by atoms with van der Waals surface area (Å²) in [7, 11) is 0. The van der Waals surface area contributed by atoms with Crippen molar-refractivity contribution in [1.29, 1.82) is 0 Å². The van der Waals surface area contributed by atoms with Gasteiger partial charge in [-0.1, -0.05) is 39.7 Å². The van der Waals surface area contributed by atoms with Gasteiger partial charge in [0.2, 0.25) is 0 Å². The fraction of sp³-hybridized carbons (Fsp3) is 0.250. The SMILES string of the molecule is Clc1cccc(CC(Cl)c2cc3c(cc2Br)OCCO3)c1. The lowest BCUT2D eigenvalue weighted by Gasteiger charge is -2.21. The molecule has 0 fully saturated rings. The molecule has 1 heterocycles. The Morgan fingerprint density at radius 2 is 1.81 bits per heavy atom. The number of hydrogen-bond acceptors (Lipinski definition) is 2. The van der Waals surface area contributed by atoms with Crippen LogP contribution in [0, 0.1) is 0 Å². The zero-order valence-corrected chi connectivity index (χ0v) is 14.2. The lowest BCUT2D eigenvalue weighted by Crippen LogP contribution is -2.15. The molecule has 2 nitrogen and oxygen atoms in total. The van der Waals surface area contributed by atoms with E-state index in [2.05, 4.69) is 15.9 Å². The molecule has 5 heteroatoms. The van der Waals surface area contributed by atoms with E-state index in [4.69, 9.17) is 32.7 Å². The van der Waals surface area contributed by atoms with E-state index < -0.39 is 0 Å². The molecular formula is C16H13BrCl2O2. The van der Waals surface area contributed by atoms with E-state index in [0.29, 0.717) is 19.6 Å². The minimum atomic E-state index is -0.173. The molecule has 3 rings (SSSR count). The Balaban J connectivity index is 1.85. The predicted molar refractivity (Wildman–Crippen MR) is 88.9 cm³/mol. The highest BCUT2D eigenvalue weighted by Crippen LogP contribution is 2.40. The first kappa shape index (κ1) is 15.0. The fourth-order valence-corrected chi connectivity index (χ4v) is 3.60. The van der Waals surface area contributed by atoms with Gasteiger partial charge in [-0.15, -0.1) is 11.6 Å². The highest BCUT2D eigenvalue weighted by molar-refractivity contribution is 9.10. The van der Waals surface area contributed by atoms with Crippen molar-refractivity contribution in [3.63, 3.8) is 0 Å². The van der Waals surface area contributed by atoms with E-state index in [1.165, 1.54) is 0 Å². The Bertz CT molecular complexity index is 661. The summed E-state index contributed by atoms with van der Waals surface area (Å²) in [4.78, 5) is 0. The predicted octanol–water partition coefficient (Wildman–Crippen LogP) is 5.40. The number of benzene rings is 2. The molecule has 0 bridgehead atoms. The maximum absolute atomic E-state index is 6.57. The van der Waals surface area contributed by atoms with Crippen molar-refractivity contribution in [1.82, 2.24) is 0 Å². The maximum atomic E-state index is 6.57. The molecule has 0 radical (unpaired) electrons. The number of halogens is 3. The van der Waals surface area contributed by atoms with Gasteiger partial charge in [0.05, 0.1) is 5.38 Å². The second-order valence-corrected chi connectivity index (χ2v) is 6.64. The molecule has 0 spiro atoms. The van der Waals surface area contributed by atoms with Gasteiger partial charge in [0.1, 0.15) is 13.2 Å². The third kappa shape index (κ3) is 3.47. The number of fused-ring (bicyclic) bond motifs is 1. The molecule has 0 saturated heterocycles. The van der Waals surface area contributed by atoms with E-state index >= 15 is 0 Å². The molecule has 1 aliphatic heterocycles. The van der Waals surface area contributed by atoms with Crippen LogP contribution in [0.3, 0.4) is 0 Å². The van der Waals surface area contributed by atoms with Crippen LogP contribution >= 0.6 is 39.1 Å². The Hall–Kier alpha value is -0.900. The largest absolute Gasteiger partial charge is 0.486 e. The monoisotopic (exact) mass is 386 g/mol. The zero-order valence-electron chi connectivity index (χ0n) is 11.1. The maximum Gasteiger partial charge on any atom is 0.162 e. The van der Waals surface area contributed by atoms with E-state index in [9.17, 15) is 0 Å². The highest BCUT2D eigenvalue weighted by Gasteiger charge is 2.19. The Labute approximate surface area is 142 Å². The van der Waals surface area contributed by atoms with Gasteiger partial charge >= 0.3 is 0 Å². The van der Waals surface area contributed by atoms with Crippen molar-refractivity contribution >= 4 is 39.1 Å². The standard InChI is InChI=1S/C16H13BrCl2O2/c17-13-9-16-15(20-4-5-21-16)8-12(13)14(19)7-10-2-1-3-11(18)6-10/h1-3,6,8-9,14H,4-5,7H2. The van der Waals surface area contributed by atoms with E-state index in [1.54, 1.807) is 0 Å². The first-order chi connectivity index (χ1) is 10.1. The summed E-state index contributed by atoms with van der Waals surface area (Å²) in [5, 5.41) is 0.547. The third-order valence-corrected chi connectivity index (χ3v) is 4.61. The fourth-order valence-electron chi connectivity index (χ4n) is 2.30. The van der Waals surface area contributed by atoms with Gasteiger partial charge in [-0.3, -0.25) is 0 Å². The van der Waals surface area contributed by atoms with Crippen molar-refractivity contribution in [2.75, 3.05) is 13.2 Å². The number of alkyl halides is 1. The first-order valence-corrected chi connectivity index (χ1v) is 8.22. The van der Waals surface area contributed by atoms with Crippen LogP contribution in [-0.4, -0.2) is 13.2 Å². The van der Waals surface area contributed by atoms with Gasteiger partial charge in [-0.05, 0) is 41.8 Å². The minimum absolute atomic E-state index is 0.173. The summed E-state index contributed by atoms with van der Waals surface area (Å²) in [6.45, 7) is 1.14. The zero-order chi connectivity index (χ0) is 14.8. The molecule has 2 aromatic carbocycles. The Kier molecular flexibility index (Phi) is 4.63. The van der Waals surface area contributed by atoms with Crippen LogP contribution in [0.4, 0.5) is 0 Å². The van der Waals surface area contributed by atoms with Crippen LogP contribution in [0.5, 0.6) is 11.5 Å². The summed E-state index contributed by atoms with van der Waals surface area (Å²) >= 11 is 16.1. The lowest BCUT2D eigenvalue weighted by atomic mass is 10.0. The van der Waals surface area contributed by atoms with Crippen LogP contribution in [0.2, 0.25) is 5.02 Å². The smallest absolute Gasteiger partial charge is 0.162 e. The van der Waals surface area contributed by atoms with Gasteiger partial charge in [0, 0.05) is 9.50 Å². The lowest BCUT2D eigenvalue weighted by molar-refractivity contribution is 0.171. The summed E-state index contributed by atoms with van der Waals surface area (Å²) < 4.78 is 12.1. The summed E-state index contributed by atoms with van der Waals surface area (Å²) in [6.07, 6.45) is 0.695. The summed E-state index contributed by atoms with van der Waals surface area (Å²) in [5.74, 6) is 1.50. The Morgan fingerprint density at radius 3 is 2.52 bits per heavy atom. The highest BCUT2D eigenvalue weighted by atomic mass is 79.9. The molecule has 21 heavy (non-hydrogen) atoms. The van der Waals surface area contributed by atoms with Crippen LogP contribution in [0.1, 0.15) is 16.5 Å². The van der Waals surface area contributed by atoms with Crippen LogP contribution in [0.15, 0.2) is 40.9 Å². The molecule has 0 saturated carbocycles. The van der Waals surface area contributed by atoms with Crippen LogP contribution in [-0.2, 0) is 6.42 Å². The first-order valence-electron chi connectivity index (χ1n) is 6.61. The average molecular weight is 388 g/mol. The van der Waals surface area contributed by atoms with Gasteiger partial charge in [0.25, 0.3) is 0 Å². The third-order valence-electron chi connectivity index (χ3n) is 3.30. The van der Waals surface area contributed by atoms with Crippen LogP contribution in [0.25, 0.3) is 0 Å². The van der Waals surface area contributed by atoms with Crippen molar-refractivity contribution in [2.45, 2.75) is 11.8 Å². The molecule has 1 aliphatic rings. The molecule has 0 amide bonds. The molecular weight excluding hydrogens is 375 g/mol. The second kappa shape index (κ2) is 6.47. The van der Waals surface area contributed by atoms with E-state index in [0.717, 1.165) is 32.1 Å². The van der Waals surface area contributed by atoms with Gasteiger partial charge in [0.15, 0.2) is 11.5 Å². The number of hydrogen-bond donors (Lipinski definition) is 0. The molecule has 110 valence electrons. The second-order valence-electron chi connectivity index (χ2n) is 4.82. The molecule has 0 aromatic heterocycles. The molecule has 1 unspecified atom stereocenters. The van der Waals surface area contributed by atoms with E-state index in [1.807, 2.05) is 36.4 Å². The summed E-state index contributed by atoms with van der Waals surface area (Å²) in [5.41, 5.74) is 2.09. The number of rotatable bonds is 3. The quantitative estimate of drug-likeness (QED) is 0.656. The molecule has 2 aromatic rings. The van der Waals surface area contributed by atoms with Crippen molar-refractivity contribution in [2.24, 2.45) is 0 Å². The topological polar surface area (TPSA) is 18.5 Å². The molecule has 0 aliphatic carbocycles. The van der Waals surface area contributed by atoms with Crippen molar-refractivity contribution in [3.8, 4) is 11.5 Å². The van der Waals surface area contributed by atoms with Crippen LogP contribution < -0.4 is 9.47 Å². The summed E-state index contributed by atoms with van der Waals surface area (Å²) in [6, 6.07) is 11.6. The van der Waals surface area contributed by atoms with E-state index in [-0.39, 0.29) is 5.38 Å².